The van der Waals surface area contributed by atoms with Crippen molar-refractivity contribution in [3.63, 3.8) is 0 Å². The summed E-state index contributed by atoms with van der Waals surface area (Å²) in [5.74, 6) is 0.519. The molecule has 0 radical (unpaired) electrons. The van der Waals surface area contributed by atoms with Crippen molar-refractivity contribution in [2.75, 3.05) is 5.32 Å². The lowest BCUT2D eigenvalue weighted by molar-refractivity contribution is 0.565. The third-order valence-corrected chi connectivity index (χ3v) is 3.34. The van der Waals surface area contributed by atoms with E-state index in [0.29, 0.717) is 5.69 Å². The Morgan fingerprint density at radius 2 is 2.10 bits per heavy atom. The maximum Gasteiger partial charge on any atom is 0.258 e. The van der Waals surface area contributed by atoms with E-state index in [0.717, 1.165) is 0 Å². The van der Waals surface area contributed by atoms with Crippen molar-refractivity contribution in [1.29, 1.82) is 0 Å². The number of anilines is 2. The van der Waals surface area contributed by atoms with E-state index in [1.165, 1.54) is 16.9 Å². The number of para-hydroxylation sites is 1. The van der Waals surface area contributed by atoms with Crippen molar-refractivity contribution in [2.24, 2.45) is 0 Å². The van der Waals surface area contributed by atoms with Gasteiger partial charge >= 0.3 is 0 Å². The molecule has 3 aromatic rings. The first kappa shape index (κ1) is 12.9. The highest BCUT2D eigenvalue weighted by Crippen LogP contribution is 2.22. The van der Waals surface area contributed by atoms with Crippen LogP contribution in [-0.4, -0.2) is 33.3 Å². The molecule has 10 heteroatoms. The van der Waals surface area contributed by atoms with Crippen LogP contribution in [0.5, 0.6) is 0 Å². The first-order chi connectivity index (χ1) is 9.65. The molecule has 2 heterocycles. The Balaban J connectivity index is 2.10. The zero-order valence-corrected chi connectivity index (χ0v) is 11.3. The number of benzene rings is 1. The van der Waals surface area contributed by atoms with E-state index in [-0.39, 0.29) is 21.9 Å². The number of aromatic nitrogens is 5. The van der Waals surface area contributed by atoms with Gasteiger partial charge in [-0.1, -0.05) is 12.1 Å². The van der Waals surface area contributed by atoms with Gasteiger partial charge in [-0.25, -0.2) is 4.21 Å². The van der Waals surface area contributed by atoms with Gasteiger partial charge in [-0.2, -0.15) is 24.6 Å². The van der Waals surface area contributed by atoms with Gasteiger partial charge in [0.1, 0.15) is 6.33 Å². The average molecular weight is 311 g/mol. The van der Waals surface area contributed by atoms with Crippen LogP contribution in [0.25, 0.3) is 5.78 Å². The van der Waals surface area contributed by atoms with Crippen LogP contribution in [0.3, 0.4) is 0 Å². The monoisotopic (exact) mass is 310 g/mol. The fourth-order valence-corrected chi connectivity index (χ4v) is 2.28. The predicted molar refractivity (Wildman–Crippen MR) is 72.3 cm³/mol. The average Bonchev–Trinajstić information content (AvgIpc) is 2.87. The summed E-state index contributed by atoms with van der Waals surface area (Å²) < 4.78 is 21.9. The zero-order valence-electron chi connectivity index (χ0n) is 9.76. The van der Waals surface area contributed by atoms with Gasteiger partial charge in [0.05, 0.1) is 10.6 Å². The van der Waals surface area contributed by atoms with E-state index in [9.17, 15) is 8.76 Å². The summed E-state index contributed by atoms with van der Waals surface area (Å²) >= 11 is 3.67. The number of nitrogens with zero attached hydrogens (tertiary/aromatic N) is 5. The molecule has 2 N–H and O–H groups in total. The summed E-state index contributed by atoms with van der Waals surface area (Å²) in [6.45, 7) is 0. The van der Waals surface area contributed by atoms with E-state index >= 15 is 0 Å². The molecule has 1 aromatic carbocycles. The van der Waals surface area contributed by atoms with E-state index in [4.69, 9.17) is 11.6 Å². The quantitative estimate of drug-likeness (QED) is 0.706. The number of nitrogens with one attached hydrogen (secondary N) is 1. The minimum atomic E-state index is -2.13. The number of hydrogen-bond donors (Lipinski definition) is 2. The van der Waals surface area contributed by atoms with Crippen molar-refractivity contribution >= 4 is 40.1 Å². The number of rotatable bonds is 3. The van der Waals surface area contributed by atoms with Crippen LogP contribution in [0.2, 0.25) is 5.28 Å². The Morgan fingerprint density at radius 1 is 1.30 bits per heavy atom. The molecule has 0 fully saturated rings. The summed E-state index contributed by atoms with van der Waals surface area (Å²) in [7, 11) is 0. The molecule has 0 aliphatic heterocycles. The van der Waals surface area contributed by atoms with Gasteiger partial charge in [-0.15, -0.1) is 0 Å². The van der Waals surface area contributed by atoms with Gasteiger partial charge in [-0.3, -0.25) is 0 Å². The van der Waals surface area contributed by atoms with Gasteiger partial charge in [0, 0.05) is 0 Å². The molecule has 0 aliphatic carbocycles. The molecule has 0 aliphatic rings. The van der Waals surface area contributed by atoms with Crippen LogP contribution in [0.4, 0.5) is 11.6 Å². The van der Waals surface area contributed by atoms with Crippen molar-refractivity contribution < 1.29 is 8.76 Å². The molecule has 1 unspecified atom stereocenters. The Labute approximate surface area is 120 Å². The second-order valence-corrected chi connectivity index (χ2v) is 4.93. The Hall–Kier alpha value is -2.10. The molecule has 0 bridgehead atoms. The lowest BCUT2D eigenvalue weighted by atomic mass is 10.3. The molecular formula is C10H7ClN6O2S. The summed E-state index contributed by atoms with van der Waals surface area (Å²) in [5.41, 5.74) is 0.417. The highest BCUT2D eigenvalue weighted by molar-refractivity contribution is 7.79. The number of fused-ring (bicyclic) bond motifs is 1. The standard InChI is InChI=1S/C10H7ClN6O2S/c11-8-15-9-12-5-13-17(9)10(16-8)14-6-3-1-2-4-7(6)20(18)19/h1-5H,(H,18,19)(H,12,13,14,15,16). The van der Waals surface area contributed by atoms with Crippen molar-refractivity contribution in [2.45, 2.75) is 4.90 Å². The number of halogens is 1. The minimum Gasteiger partial charge on any atom is -0.323 e. The van der Waals surface area contributed by atoms with Crippen LogP contribution < -0.4 is 5.32 Å². The minimum absolute atomic E-state index is 0.00407. The third-order valence-electron chi connectivity index (χ3n) is 2.44. The summed E-state index contributed by atoms with van der Waals surface area (Å²) in [4.78, 5) is 12.0. The summed E-state index contributed by atoms with van der Waals surface area (Å²) in [5, 5.41) is 6.84. The Morgan fingerprint density at radius 3 is 2.90 bits per heavy atom. The van der Waals surface area contributed by atoms with Gasteiger partial charge in [-0.05, 0) is 23.7 Å². The highest BCUT2D eigenvalue weighted by Gasteiger charge is 2.12. The lowest BCUT2D eigenvalue weighted by Crippen LogP contribution is -2.06. The molecular weight excluding hydrogens is 304 g/mol. The predicted octanol–water partition coefficient (Wildman–Crippen LogP) is 1.50. The zero-order chi connectivity index (χ0) is 14.1. The number of hydrogen-bond acceptors (Lipinski definition) is 6. The van der Waals surface area contributed by atoms with E-state index in [1.807, 2.05) is 0 Å². The third kappa shape index (κ3) is 2.33. The smallest absolute Gasteiger partial charge is 0.258 e. The van der Waals surface area contributed by atoms with Crippen LogP contribution in [0.1, 0.15) is 0 Å². The topological polar surface area (TPSA) is 105 Å². The van der Waals surface area contributed by atoms with Crippen molar-refractivity contribution in [3.05, 3.63) is 35.9 Å². The molecule has 0 saturated carbocycles. The molecule has 102 valence electrons. The molecule has 1 atom stereocenters. The lowest BCUT2D eigenvalue weighted by Gasteiger charge is -2.09. The summed E-state index contributed by atoms with van der Waals surface area (Å²) in [6.07, 6.45) is 1.31. The molecule has 3 rings (SSSR count). The first-order valence-electron chi connectivity index (χ1n) is 5.35. The molecule has 20 heavy (non-hydrogen) atoms. The van der Waals surface area contributed by atoms with Crippen LogP contribution in [-0.2, 0) is 11.1 Å². The van der Waals surface area contributed by atoms with E-state index < -0.39 is 11.1 Å². The van der Waals surface area contributed by atoms with Crippen LogP contribution >= 0.6 is 11.6 Å². The second-order valence-electron chi connectivity index (χ2n) is 3.66. The largest absolute Gasteiger partial charge is 0.323 e. The molecule has 0 amide bonds. The van der Waals surface area contributed by atoms with Gasteiger partial charge in [0.2, 0.25) is 11.2 Å². The van der Waals surface area contributed by atoms with Gasteiger partial charge in [0.25, 0.3) is 5.78 Å². The highest BCUT2D eigenvalue weighted by atomic mass is 35.5. The van der Waals surface area contributed by atoms with Crippen LogP contribution in [0, 0.1) is 0 Å². The SMILES string of the molecule is O=S(O)c1ccccc1Nc1nc(Cl)nc2ncnn12. The van der Waals surface area contributed by atoms with Crippen molar-refractivity contribution in [1.82, 2.24) is 24.6 Å². The fourth-order valence-electron chi connectivity index (χ4n) is 1.63. The maximum absolute atomic E-state index is 11.3. The van der Waals surface area contributed by atoms with Crippen LogP contribution in [0.15, 0.2) is 35.5 Å². The summed E-state index contributed by atoms with van der Waals surface area (Å²) in [6, 6.07) is 6.55. The normalized spacial score (nSPS) is 12.5. The molecule has 8 nitrogen and oxygen atoms in total. The second kappa shape index (κ2) is 5.12. The molecule has 0 saturated heterocycles. The van der Waals surface area contributed by atoms with Crippen molar-refractivity contribution in [3.8, 4) is 0 Å². The van der Waals surface area contributed by atoms with E-state index in [2.05, 4.69) is 25.4 Å². The van der Waals surface area contributed by atoms with E-state index in [1.54, 1.807) is 18.2 Å². The van der Waals surface area contributed by atoms with Gasteiger partial charge < -0.3 is 9.87 Å². The molecule has 2 aromatic heterocycles. The first-order valence-corrected chi connectivity index (χ1v) is 6.84. The van der Waals surface area contributed by atoms with Gasteiger partial charge in [0.15, 0.2) is 11.1 Å². The molecule has 0 spiro atoms. The Bertz CT molecular complexity index is 807. The Kier molecular flexibility index (Phi) is 3.30. The maximum atomic E-state index is 11.3. The fraction of sp³-hybridized carbons (Fsp3) is 0.